The molecule has 0 fully saturated rings. The van der Waals surface area contributed by atoms with Gasteiger partial charge in [0.1, 0.15) is 5.82 Å². The Morgan fingerprint density at radius 1 is 1.38 bits per heavy atom. The quantitative estimate of drug-likeness (QED) is 0.831. The van der Waals surface area contributed by atoms with Gasteiger partial charge in [0.2, 0.25) is 5.89 Å². The maximum atomic E-state index is 12.8. The minimum Gasteiger partial charge on any atom is -0.414 e. The van der Waals surface area contributed by atoms with Crippen LogP contribution in [0.25, 0.3) is 0 Å². The maximum absolute atomic E-state index is 12.8. The molecule has 1 atom stereocenters. The van der Waals surface area contributed by atoms with E-state index in [0.29, 0.717) is 21.9 Å². The first kappa shape index (κ1) is 15.5. The molecule has 1 aromatic heterocycles. The third-order valence-corrected chi connectivity index (χ3v) is 3.93. The van der Waals surface area contributed by atoms with Crippen molar-refractivity contribution < 1.29 is 13.6 Å². The van der Waals surface area contributed by atoms with E-state index in [1.807, 2.05) is 0 Å². The Hall–Kier alpha value is -1.89. The Labute approximate surface area is 126 Å². The van der Waals surface area contributed by atoms with Gasteiger partial charge < -0.3 is 9.73 Å². The second-order valence-electron chi connectivity index (χ2n) is 4.49. The summed E-state index contributed by atoms with van der Waals surface area (Å²) in [6.45, 7) is 4.30. The number of benzene rings is 1. The van der Waals surface area contributed by atoms with Gasteiger partial charge in [0.05, 0.1) is 6.54 Å². The van der Waals surface area contributed by atoms with Crippen LogP contribution >= 0.6 is 11.8 Å². The first-order valence-electron chi connectivity index (χ1n) is 6.61. The van der Waals surface area contributed by atoms with Crippen molar-refractivity contribution in [1.29, 1.82) is 0 Å². The zero-order valence-electron chi connectivity index (χ0n) is 11.8. The summed E-state index contributed by atoms with van der Waals surface area (Å²) in [4.78, 5) is 11.8. The van der Waals surface area contributed by atoms with E-state index in [9.17, 15) is 9.18 Å². The second kappa shape index (κ2) is 7.21. The molecule has 1 heterocycles. The molecule has 0 unspecified atom stereocenters. The molecule has 0 aliphatic carbocycles. The lowest BCUT2D eigenvalue weighted by Crippen LogP contribution is -2.22. The van der Waals surface area contributed by atoms with Gasteiger partial charge in [0, 0.05) is 10.8 Å². The predicted molar refractivity (Wildman–Crippen MR) is 77.5 cm³/mol. The van der Waals surface area contributed by atoms with Crippen LogP contribution in [0.3, 0.4) is 0 Å². The Bertz CT molecular complexity index is 601. The Morgan fingerprint density at radius 3 is 2.76 bits per heavy atom. The van der Waals surface area contributed by atoms with Gasteiger partial charge in [-0.15, -0.1) is 10.2 Å². The molecule has 21 heavy (non-hydrogen) atoms. The number of carbonyl (C=O) groups excluding carboxylic acids is 1. The largest absolute Gasteiger partial charge is 0.414 e. The molecule has 0 spiro atoms. The first-order chi connectivity index (χ1) is 10.1. The summed E-state index contributed by atoms with van der Waals surface area (Å²) >= 11 is 1.50. The van der Waals surface area contributed by atoms with Gasteiger partial charge in [-0.25, -0.2) is 4.39 Å². The fourth-order valence-corrected chi connectivity index (χ4v) is 2.22. The molecule has 0 saturated carbocycles. The van der Waals surface area contributed by atoms with Gasteiger partial charge in [-0.1, -0.05) is 25.6 Å². The van der Waals surface area contributed by atoms with E-state index < -0.39 is 0 Å². The normalized spacial score (nSPS) is 12.1. The first-order valence-corrected chi connectivity index (χ1v) is 7.49. The molecule has 0 radical (unpaired) electrons. The van der Waals surface area contributed by atoms with Crippen molar-refractivity contribution in [3.8, 4) is 0 Å². The highest BCUT2D eigenvalue weighted by Crippen LogP contribution is 2.23. The fourth-order valence-electron chi connectivity index (χ4n) is 1.47. The van der Waals surface area contributed by atoms with Crippen LogP contribution in [-0.2, 0) is 6.54 Å². The van der Waals surface area contributed by atoms with Gasteiger partial charge >= 0.3 is 0 Å². The monoisotopic (exact) mass is 309 g/mol. The highest BCUT2D eigenvalue weighted by Gasteiger charge is 2.11. The molecule has 2 aromatic rings. The Kier molecular flexibility index (Phi) is 5.32. The SMILES string of the molecule is CC[C@H](C)Sc1nnc(CNC(=O)c2ccc(F)cc2)o1. The van der Waals surface area contributed by atoms with Crippen molar-refractivity contribution in [2.45, 2.75) is 37.3 Å². The van der Waals surface area contributed by atoms with Crippen molar-refractivity contribution in [2.24, 2.45) is 0 Å². The standard InChI is InChI=1S/C14H16FN3O2S/c1-3-9(2)21-14-18-17-12(20-14)8-16-13(19)10-4-6-11(15)7-5-10/h4-7,9H,3,8H2,1-2H3,(H,16,19)/t9-/m0/s1. The predicted octanol–water partition coefficient (Wildman–Crippen LogP) is 3.03. The summed E-state index contributed by atoms with van der Waals surface area (Å²) in [7, 11) is 0. The molecule has 7 heteroatoms. The van der Waals surface area contributed by atoms with Gasteiger partial charge in [0.25, 0.3) is 11.1 Å². The minimum absolute atomic E-state index is 0.143. The summed E-state index contributed by atoms with van der Waals surface area (Å²) < 4.78 is 18.2. The van der Waals surface area contributed by atoms with E-state index in [2.05, 4.69) is 29.4 Å². The van der Waals surface area contributed by atoms with Crippen LogP contribution in [0, 0.1) is 5.82 Å². The molecule has 1 aromatic carbocycles. The fraction of sp³-hybridized carbons (Fsp3) is 0.357. The number of carbonyl (C=O) groups is 1. The van der Waals surface area contributed by atoms with Crippen LogP contribution in [0.5, 0.6) is 0 Å². The average molecular weight is 309 g/mol. The molecule has 0 saturated heterocycles. The molecule has 2 rings (SSSR count). The van der Waals surface area contributed by atoms with Crippen LogP contribution in [0.15, 0.2) is 33.9 Å². The van der Waals surface area contributed by atoms with Crippen molar-refractivity contribution in [2.75, 3.05) is 0 Å². The number of nitrogens with zero attached hydrogens (tertiary/aromatic N) is 2. The zero-order chi connectivity index (χ0) is 15.2. The Morgan fingerprint density at radius 2 is 2.10 bits per heavy atom. The van der Waals surface area contributed by atoms with E-state index in [-0.39, 0.29) is 18.3 Å². The smallest absolute Gasteiger partial charge is 0.276 e. The molecule has 0 aliphatic heterocycles. The molecular weight excluding hydrogens is 293 g/mol. The van der Waals surface area contributed by atoms with Crippen LogP contribution < -0.4 is 5.32 Å². The van der Waals surface area contributed by atoms with Crippen LogP contribution in [-0.4, -0.2) is 21.4 Å². The number of hydrogen-bond donors (Lipinski definition) is 1. The molecule has 0 aliphatic rings. The van der Waals surface area contributed by atoms with Crippen LogP contribution in [0.1, 0.15) is 36.5 Å². The van der Waals surface area contributed by atoms with Crippen LogP contribution in [0.2, 0.25) is 0 Å². The van der Waals surface area contributed by atoms with Crippen molar-refractivity contribution in [3.05, 3.63) is 41.5 Å². The molecule has 1 N–H and O–H groups in total. The van der Waals surface area contributed by atoms with E-state index >= 15 is 0 Å². The lowest BCUT2D eigenvalue weighted by molar-refractivity contribution is 0.0946. The van der Waals surface area contributed by atoms with Gasteiger partial charge in [0.15, 0.2) is 0 Å². The van der Waals surface area contributed by atoms with Crippen molar-refractivity contribution >= 4 is 17.7 Å². The van der Waals surface area contributed by atoms with E-state index in [0.717, 1.165) is 6.42 Å². The van der Waals surface area contributed by atoms with Crippen molar-refractivity contribution in [3.63, 3.8) is 0 Å². The summed E-state index contributed by atoms with van der Waals surface area (Å²) in [5.74, 6) is -0.351. The van der Waals surface area contributed by atoms with Gasteiger partial charge in [-0.05, 0) is 30.7 Å². The number of amides is 1. The summed E-state index contributed by atoms with van der Waals surface area (Å²) in [5, 5.41) is 11.3. The third kappa shape index (κ3) is 4.56. The number of thioether (sulfide) groups is 1. The third-order valence-electron chi connectivity index (χ3n) is 2.83. The summed E-state index contributed by atoms with van der Waals surface area (Å²) in [6, 6.07) is 5.32. The second-order valence-corrected chi connectivity index (χ2v) is 5.88. The maximum Gasteiger partial charge on any atom is 0.276 e. The van der Waals surface area contributed by atoms with E-state index in [1.54, 1.807) is 0 Å². The number of halogens is 1. The topological polar surface area (TPSA) is 68.0 Å². The minimum atomic E-state index is -0.379. The van der Waals surface area contributed by atoms with Crippen LogP contribution in [0.4, 0.5) is 4.39 Å². The zero-order valence-corrected chi connectivity index (χ0v) is 12.6. The van der Waals surface area contributed by atoms with Gasteiger partial charge in [-0.2, -0.15) is 0 Å². The van der Waals surface area contributed by atoms with E-state index in [4.69, 9.17) is 4.42 Å². The lowest BCUT2D eigenvalue weighted by Gasteiger charge is -2.03. The highest BCUT2D eigenvalue weighted by molar-refractivity contribution is 7.99. The van der Waals surface area contributed by atoms with Gasteiger partial charge in [-0.3, -0.25) is 4.79 Å². The molecular formula is C14H16FN3O2S. The number of hydrogen-bond acceptors (Lipinski definition) is 5. The molecule has 1 amide bonds. The average Bonchev–Trinajstić information content (AvgIpc) is 2.93. The number of rotatable bonds is 6. The number of nitrogens with one attached hydrogen (secondary N) is 1. The molecule has 0 bridgehead atoms. The molecule has 112 valence electrons. The Balaban J connectivity index is 1.88. The van der Waals surface area contributed by atoms with E-state index in [1.165, 1.54) is 36.0 Å². The highest BCUT2D eigenvalue weighted by atomic mass is 32.2. The molecule has 5 nitrogen and oxygen atoms in total. The van der Waals surface area contributed by atoms with Crippen molar-refractivity contribution in [1.82, 2.24) is 15.5 Å². The summed E-state index contributed by atoms with van der Waals surface area (Å²) in [6.07, 6.45) is 1.00. The number of aromatic nitrogens is 2. The summed E-state index contributed by atoms with van der Waals surface area (Å²) in [5.41, 5.74) is 0.380. The lowest BCUT2D eigenvalue weighted by atomic mass is 10.2.